The summed E-state index contributed by atoms with van der Waals surface area (Å²) < 4.78 is 6.01. The molecule has 6 heteroatoms. The van der Waals surface area contributed by atoms with Gasteiger partial charge in [0.05, 0.1) is 17.3 Å². The van der Waals surface area contributed by atoms with Gasteiger partial charge in [0.25, 0.3) is 5.91 Å². The van der Waals surface area contributed by atoms with Crippen LogP contribution >= 0.6 is 11.6 Å². The lowest BCUT2D eigenvalue weighted by atomic mass is 9.90. The number of ketones is 1. The number of carbonyl (C=O) groups is 2. The molecule has 0 radical (unpaired) electrons. The monoisotopic (exact) mass is 415 g/mol. The first-order chi connectivity index (χ1) is 13.6. The van der Waals surface area contributed by atoms with E-state index in [1.807, 2.05) is 25.1 Å². The van der Waals surface area contributed by atoms with Crippen LogP contribution in [-0.4, -0.2) is 29.9 Å². The summed E-state index contributed by atoms with van der Waals surface area (Å²) >= 11 is 6.35. The Balaban J connectivity index is 1.85. The van der Waals surface area contributed by atoms with E-state index in [-0.39, 0.29) is 25.4 Å². The van der Waals surface area contributed by atoms with Crippen molar-refractivity contribution in [3.8, 4) is 5.75 Å². The minimum Gasteiger partial charge on any atom is -0.491 e. The van der Waals surface area contributed by atoms with E-state index < -0.39 is 11.5 Å². The summed E-state index contributed by atoms with van der Waals surface area (Å²) in [6.45, 7) is 7.99. The molecule has 0 aliphatic carbocycles. The predicted octanol–water partition coefficient (Wildman–Crippen LogP) is 4.36. The maximum Gasteiger partial charge on any atom is 0.264 e. The molecule has 0 saturated heterocycles. The summed E-state index contributed by atoms with van der Waals surface area (Å²) in [6, 6.07) is 11.0. The van der Waals surface area contributed by atoms with Crippen molar-refractivity contribution in [1.29, 1.82) is 0 Å². The second-order valence-corrected chi connectivity index (χ2v) is 8.28. The van der Waals surface area contributed by atoms with Crippen molar-refractivity contribution >= 4 is 29.0 Å². The van der Waals surface area contributed by atoms with Gasteiger partial charge in [-0.3, -0.25) is 9.59 Å². The Hall–Kier alpha value is -2.37. The minimum absolute atomic E-state index is 0.210. The van der Waals surface area contributed by atoms with E-state index in [2.05, 4.69) is 13.8 Å². The fourth-order valence-electron chi connectivity index (χ4n) is 3.80. The molecule has 2 aromatic rings. The predicted molar refractivity (Wildman–Crippen MR) is 114 cm³/mol. The highest BCUT2D eigenvalue weighted by molar-refractivity contribution is 6.35. The molecule has 1 aliphatic heterocycles. The lowest BCUT2D eigenvalue weighted by Crippen LogP contribution is -2.43. The van der Waals surface area contributed by atoms with Gasteiger partial charge in [0.2, 0.25) is 0 Å². The van der Waals surface area contributed by atoms with Gasteiger partial charge in [-0.15, -0.1) is 0 Å². The standard InChI is InChI=1S/C23H26ClNO4/c1-14(2)17-9-8-15(3)12-20(17)29-11-10-25-21-18(6-5-7-19(21)24)23(28,22(25)27)13-16(4)26/h5-9,12,14,28H,10-11,13H2,1-4H3. The van der Waals surface area contributed by atoms with Crippen LogP contribution in [0.2, 0.25) is 5.02 Å². The maximum atomic E-state index is 13.1. The Bertz CT molecular complexity index is 956. The first-order valence-electron chi connectivity index (χ1n) is 9.71. The molecule has 0 fully saturated rings. The highest BCUT2D eigenvalue weighted by Crippen LogP contribution is 2.46. The molecule has 5 nitrogen and oxygen atoms in total. The Morgan fingerprint density at radius 3 is 2.66 bits per heavy atom. The fourth-order valence-corrected chi connectivity index (χ4v) is 4.07. The molecule has 154 valence electrons. The van der Waals surface area contributed by atoms with Crippen molar-refractivity contribution in [3.05, 3.63) is 58.1 Å². The molecule has 1 atom stereocenters. The van der Waals surface area contributed by atoms with Gasteiger partial charge in [-0.25, -0.2) is 0 Å². The van der Waals surface area contributed by atoms with Crippen LogP contribution in [0.5, 0.6) is 5.75 Å². The summed E-state index contributed by atoms with van der Waals surface area (Å²) in [5.41, 5.74) is 1.10. The number of nitrogens with zero attached hydrogens (tertiary/aromatic N) is 1. The Morgan fingerprint density at radius 2 is 2.00 bits per heavy atom. The van der Waals surface area contributed by atoms with Crippen LogP contribution in [0.3, 0.4) is 0 Å². The summed E-state index contributed by atoms with van der Waals surface area (Å²) in [7, 11) is 0. The summed E-state index contributed by atoms with van der Waals surface area (Å²) in [6.07, 6.45) is -0.286. The number of aryl methyl sites for hydroxylation is 1. The van der Waals surface area contributed by atoms with Gasteiger partial charge >= 0.3 is 0 Å². The third-order valence-corrected chi connectivity index (χ3v) is 5.47. The number of para-hydroxylation sites is 1. The summed E-state index contributed by atoms with van der Waals surface area (Å²) in [5.74, 6) is 0.263. The van der Waals surface area contributed by atoms with Crippen molar-refractivity contribution in [2.24, 2.45) is 0 Å². The van der Waals surface area contributed by atoms with Crippen LogP contribution in [0, 0.1) is 6.92 Å². The van der Waals surface area contributed by atoms with E-state index in [9.17, 15) is 14.7 Å². The Kier molecular flexibility index (Phi) is 6.01. The molecule has 1 heterocycles. The van der Waals surface area contributed by atoms with Gasteiger partial charge in [-0.1, -0.05) is 49.7 Å². The van der Waals surface area contributed by atoms with Crippen molar-refractivity contribution in [1.82, 2.24) is 0 Å². The van der Waals surface area contributed by atoms with Gasteiger partial charge in [-0.2, -0.15) is 0 Å². The molecule has 0 aromatic heterocycles. The topological polar surface area (TPSA) is 66.8 Å². The lowest BCUT2D eigenvalue weighted by molar-refractivity contribution is -0.141. The normalized spacial score (nSPS) is 18.3. The number of anilines is 1. The zero-order valence-corrected chi connectivity index (χ0v) is 17.9. The van der Waals surface area contributed by atoms with Crippen molar-refractivity contribution < 1.29 is 19.4 Å². The summed E-state index contributed by atoms with van der Waals surface area (Å²) in [5, 5.41) is 11.4. The van der Waals surface area contributed by atoms with Crippen LogP contribution in [-0.2, 0) is 15.2 Å². The van der Waals surface area contributed by atoms with E-state index in [0.29, 0.717) is 22.2 Å². The largest absolute Gasteiger partial charge is 0.491 e. The van der Waals surface area contributed by atoms with Gasteiger partial charge in [-0.05, 0) is 43.0 Å². The van der Waals surface area contributed by atoms with Crippen molar-refractivity contribution in [3.63, 3.8) is 0 Å². The highest BCUT2D eigenvalue weighted by atomic mass is 35.5. The summed E-state index contributed by atoms with van der Waals surface area (Å²) in [4.78, 5) is 26.2. The number of fused-ring (bicyclic) bond motifs is 1. The number of halogens is 1. The average molecular weight is 416 g/mol. The number of hydrogen-bond donors (Lipinski definition) is 1. The van der Waals surface area contributed by atoms with Crippen LogP contribution in [0.1, 0.15) is 49.8 Å². The van der Waals surface area contributed by atoms with Crippen LogP contribution in [0.25, 0.3) is 0 Å². The number of carbonyl (C=O) groups excluding carboxylic acids is 2. The zero-order valence-electron chi connectivity index (χ0n) is 17.2. The Morgan fingerprint density at radius 1 is 1.28 bits per heavy atom. The van der Waals surface area contributed by atoms with Gasteiger partial charge in [0.15, 0.2) is 5.60 Å². The molecule has 1 N–H and O–H groups in total. The molecule has 1 aliphatic rings. The molecular weight excluding hydrogens is 390 g/mol. The SMILES string of the molecule is CC(=O)CC1(O)C(=O)N(CCOc2cc(C)ccc2C(C)C)c2c(Cl)cccc21. The van der Waals surface area contributed by atoms with E-state index in [1.165, 1.54) is 11.8 Å². The number of aliphatic hydroxyl groups is 1. The smallest absolute Gasteiger partial charge is 0.264 e. The van der Waals surface area contributed by atoms with E-state index in [0.717, 1.165) is 16.9 Å². The zero-order chi connectivity index (χ0) is 21.3. The minimum atomic E-state index is -1.89. The van der Waals surface area contributed by atoms with Gasteiger partial charge in [0, 0.05) is 12.0 Å². The first-order valence-corrected chi connectivity index (χ1v) is 10.1. The van der Waals surface area contributed by atoms with E-state index >= 15 is 0 Å². The molecule has 0 saturated carbocycles. The molecule has 0 bridgehead atoms. The van der Waals surface area contributed by atoms with Crippen molar-refractivity contribution in [2.75, 3.05) is 18.1 Å². The number of amides is 1. The maximum absolute atomic E-state index is 13.1. The molecule has 1 unspecified atom stereocenters. The van der Waals surface area contributed by atoms with Gasteiger partial charge in [0.1, 0.15) is 18.1 Å². The molecule has 3 rings (SSSR count). The highest BCUT2D eigenvalue weighted by Gasteiger charge is 2.51. The molecular formula is C23H26ClNO4. The third-order valence-electron chi connectivity index (χ3n) is 5.17. The number of Topliss-reactive ketones (excluding diaryl/α,β-unsaturated/α-hetero) is 1. The van der Waals surface area contributed by atoms with E-state index in [4.69, 9.17) is 16.3 Å². The second kappa shape index (κ2) is 8.17. The van der Waals surface area contributed by atoms with Crippen LogP contribution in [0.4, 0.5) is 5.69 Å². The van der Waals surface area contributed by atoms with Crippen molar-refractivity contribution in [2.45, 2.75) is 45.6 Å². The third kappa shape index (κ3) is 4.02. The van der Waals surface area contributed by atoms with Crippen LogP contribution < -0.4 is 9.64 Å². The quantitative estimate of drug-likeness (QED) is 0.729. The molecule has 1 amide bonds. The number of ether oxygens (including phenoxy) is 1. The van der Waals surface area contributed by atoms with Crippen LogP contribution in [0.15, 0.2) is 36.4 Å². The average Bonchev–Trinajstić information content (AvgIpc) is 2.84. The lowest BCUT2D eigenvalue weighted by Gasteiger charge is -2.23. The number of rotatable bonds is 7. The number of hydrogen-bond acceptors (Lipinski definition) is 4. The molecule has 2 aromatic carbocycles. The van der Waals surface area contributed by atoms with Gasteiger partial charge < -0.3 is 14.7 Å². The number of benzene rings is 2. The fraction of sp³-hybridized carbons (Fsp3) is 0.391. The second-order valence-electron chi connectivity index (χ2n) is 7.88. The first kappa shape index (κ1) is 21.3. The molecule has 0 spiro atoms. The Labute approximate surface area is 176 Å². The van der Waals surface area contributed by atoms with E-state index in [1.54, 1.807) is 18.2 Å². The molecule has 29 heavy (non-hydrogen) atoms.